The van der Waals surface area contributed by atoms with Crippen molar-refractivity contribution in [1.82, 2.24) is 0 Å². The minimum Gasteiger partial charge on any atom is -0.394 e. The minimum absolute atomic E-state index is 0.0656. The minimum atomic E-state index is -0.153. The van der Waals surface area contributed by atoms with E-state index in [1.165, 1.54) is 167 Å². The number of unbranched alkanes of at least 4 members (excludes halogenated alkanes) is 24. The van der Waals surface area contributed by atoms with E-state index in [9.17, 15) is 5.11 Å². The van der Waals surface area contributed by atoms with Gasteiger partial charge in [-0.3, -0.25) is 0 Å². The molecule has 0 aromatic heterocycles. The summed E-state index contributed by atoms with van der Waals surface area (Å²) in [7, 11) is 0. The summed E-state index contributed by atoms with van der Waals surface area (Å²) in [5, 5.41) is 9.60. The molecule has 0 aliphatic rings. The highest BCUT2D eigenvalue weighted by Crippen LogP contribution is 2.16. The van der Waals surface area contributed by atoms with Crippen LogP contribution in [-0.4, -0.2) is 37.6 Å². The van der Waals surface area contributed by atoms with Gasteiger partial charge < -0.3 is 14.6 Å². The molecule has 0 saturated heterocycles. The molecular weight excluding hydrogens is 516 g/mol. The van der Waals surface area contributed by atoms with Crippen molar-refractivity contribution in [3.8, 4) is 0 Å². The molecule has 1 unspecified atom stereocenters. The van der Waals surface area contributed by atoms with Crippen LogP contribution < -0.4 is 0 Å². The average molecular weight is 597 g/mol. The molecule has 0 rings (SSSR count). The highest BCUT2D eigenvalue weighted by atomic mass is 16.5. The van der Waals surface area contributed by atoms with Gasteiger partial charge in [0.2, 0.25) is 0 Å². The van der Waals surface area contributed by atoms with Crippen LogP contribution in [0.25, 0.3) is 0 Å². The Kier molecular flexibility index (Phi) is 35.3. The van der Waals surface area contributed by atoms with Crippen molar-refractivity contribution in [3.05, 3.63) is 0 Å². The van der Waals surface area contributed by atoms with Gasteiger partial charge in [0.1, 0.15) is 6.10 Å². The van der Waals surface area contributed by atoms with E-state index in [0.29, 0.717) is 6.61 Å². The van der Waals surface area contributed by atoms with Crippen molar-refractivity contribution in [2.45, 2.75) is 214 Å². The third-order valence-electron chi connectivity index (χ3n) is 8.86. The zero-order valence-electron chi connectivity index (χ0n) is 29.6. The molecule has 0 spiro atoms. The highest BCUT2D eigenvalue weighted by molar-refractivity contribution is 4.56. The Morgan fingerprint density at radius 2 is 0.667 bits per heavy atom. The van der Waals surface area contributed by atoms with E-state index in [-0.39, 0.29) is 12.7 Å². The first-order chi connectivity index (χ1) is 20.6. The number of rotatable bonds is 36. The first-order valence-corrected chi connectivity index (χ1v) is 19.4. The summed E-state index contributed by atoms with van der Waals surface area (Å²) in [5.41, 5.74) is 0. The molecule has 1 atom stereocenters. The molecule has 0 radical (unpaired) electrons. The molecule has 0 aromatic carbocycles. The molecule has 0 aliphatic carbocycles. The Morgan fingerprint density at radius 3 is 0.976 bits per heavy atom. The first-order valence-electron chi connectivity index (χ1n) is 19.4. The van der Waals surface area contributed by atoms with Crippen LogP contribution in [0.2, 0.25) is 0 Å². The smallest absolute Gasteiger partial charge is 0.104 e. The van der Waals surface area contributed by atoms with E-state index in [1.54, 1.807) is 0 Å². The van der Waals surface area contributed by atoms with E-state index < -0.39 is 0 Å². The third-order valence-corrected chi connectivity index (χ3v) is 8.86. The Labute approximate surface area is 266 Å². The molecular formula is C39H80O3. The zero-order valence-corrected chi connectivity index (χ0v) is 29.6. The second-order valence-corrected chi connectivity index (χ2v) is 14.3. The van der Waals surface area contributed by atoms with Crippen LogP contribution in [0.5, 0.6) is 0 Å². The van der Waals surface area contributed by atoms with Gasteiger partial charge in [-0.25, -0.2) is 0 Å². The van der Waals surface area contributed by atoms with Crippen LogP contribution in [0.4, 0.5) is 0 Å². The maximum Gasteiger partial charge on any atom is 0.104 e. The third kappa shape index (κ3) is 36.1. The van der Waals surface area contributed by atoms with E-state index in [0.717, 1.165) is 37.9 Å². The van der Waals surface area contributed by atoms with Crippen LogP contribution >= 0.6 is 0 Å². The second-order valence-electron chi connectivity index (χ2n) is 14.3. The molecule has 0 aromatic rings. The molecule has 0 saturated carbocycles. The topological polar surface area (TPSA) is 38.7 Å². The van der Waals surface area contributed by atoms with Crippen LogP contribution in [-0.2, 0) is 9.47 Å². The summed E-state index contributed by atoms with van der Waals surface area (Å²) >= 11 is 0. The normalized spacial score (nSPS) is 12.6. The molecule has 3 nitrogen and oxygen atoms in total. The van der Waals surface area contributed by atoms with Gasteiger partial charge in [0.15, 0.2) is 0 Å². The first kappa shape index (κ1) is 41.9. The van der Waals surface area contributed by atoms with E-state index in [1.807, 2.05) is 0 Å². The molecule has 42 heavy (non-hydrogen) atoms. The van der Waals surface area contributed by atoms with Crippen molar-refractivity contribution in [2.75, 3.05) is 26.4 Å². The molecule has 0 fully saturated rings. The van der Waals surface area contributed by atoms with Gasteiger partial charge in [-0.15, -0.1) is 0 Å². The van der Waals surface area contributed by atoms with Gasteiger partial charge in [0, 0.05) is 13.2 Å². The van der Waals surface area contributed by atoms with Gasteiger partial charge in [0.25, 0.3) is 0 Å². The van der Waals surface area contributed by atoms with Crippen LogP contribution in [0.15, 0.2) is 0 Å². The molecule has 0 heterocycles. The number of hydrogen-bond donors (Lipinski definition) is 1. The fraction of sp³-hybridized carbons (Fsp3) is 1.00. The monoisotopic (exact) mass is 597 g/mol. The summed E-state index contributed by atoms with van der Waals surface area (Å²) in [6, 6.07) is 0. The summed E-state index contributed by atoms with van der Waals surface area (Å²) < 4.78 is 11.7. The van der Waals surface area contributed by atoms with Crippen molar-refractivity contribution >= 4 is 0 Å². The molecule has 3 heteroatoms. The summed E-state index contributed by atoms with van der Waals surface area (Å²) in [6.07, 6.45) is 38.5. The maximum absolute atomic E-state index is 9.60. The average Bonchev–Trinajstić information content (AvgIpc) is 2.97. The maximum atomic E-state index is 9.60. The van der Waals surface area contributed by atoms with Crippen molar-refractivity contribution in [1.29, 1.82) is 0 Å². The lowest BCUT2D eigenvalue weighted by Gasteiger charge is -2.15. The molecule has 254 valence electrons. The van der Waals surface area contributed by atoms with Crippen molar-refractivity contribution in [3.63, 3.8) is 0 Å². The lowest BCUT2D eigenvalue weighted by molar-refractivity contribution is -0.0437. The van der Waals surface area contributed by atoms with Gasteiger partial charge in [-0.2, -0.15) is 0 Å². The SMILES string of the molecule is CC(C)CCCCCCCCCCCCCCCOCC(CO)OCCCCCCCCCCCCCCCC(C)C. The predicted octanol–water partition coefficient (Wildman–Crippen LogP) is 12.6. The summed E-state index contributed by atoms with van der Waals surface area (Å²) in [6.45, 7) is 11.5. The van der Waals surface area contributed by atoms with Crippen LogP contribution in [0.3, 0.4) is 0 Å². The fourth-order valence-electron chi connectivity index (χ4n) is 5.92. The Morgan fingerprint density at radius 1 is 0.381 bits per heavy atom. The van der Waals surface area contributed by atoms with E-state index in [2.05, 4.69) is 27.7 Å². The fourth-order valence-corrected chi connectivity index (χ4v) is 5.92. The number of aliphatic hydroxyl groups excluding tert-OH is 1. The molecule has 0 bridgehead atoms. The zero-order chi connectivity index (χ0) is 30.8. The standard InChI is InChI=1S/C39H80O3/c1-37(2)31-27-23-19-15-11-7-5-9-13-17-21-25-29-33-41-36-39(35-40)42-34-30-26-22-18-14-10-6-8-12-16-20-24-28-32-38(3)4/h37-40H,5-36H2,1-4H3. The Hall–Kier alpha value is -0.120. The molecule has 0 amide bonds. The lowest BCUT2D eigenvalue weighted by atomic mass is 10.0. The van der Waals surface area contributed by atoms with E-state index in [4.69, 9.17) is 9.47 Å². The number of hydrogen-bond acceptors (Lipinski definition) is 3. The summed E-state index contributed by atoms with van der Waals surface area (Å²) in [4.78, 5) is 0. The highest BCUT2D eigenvalue weighted by Gasteiger charge is 2.07. The van der Waals surface area contributed by atoms with Crippen LogP contribution in [0, 0.1) is 11.8 Å². The molecule has 1 N–H and O–H groups in total. The van der Waals surface area contributed by atoms with Crippen LogP contribution in [0.1, 0.15) is 207 Å². The summed E-state index contributed by atoms with van der Waals surface area (Å²) in [5.74, 6) is 1.75. The predicted molar refractivity (Wildman–Crippen MR) is 187 cm³/mol. The van der Waals surface area contributed by atoms with Gasteiger partial charge in [-0.1, -0.05) is 195 Å². The van der Waals surface area contributed by atoms with Crippen molar-refractivity contribution in [2.24, 2.45) is 11.8 Å². The Bertz CT molecular complexity index is 478. The Balaban J connectivity index is 3.26. The lowest BCUT2D eigenvalue weighted by Crippen LogP contribution is -2.24. The van der Waals surface area contributed by atoms with Gasteiger partial charge >= 0.3 is 0 Å². The number of aliphatic hydroxyl groups is 1. The second kappa shape index (κ2) is 35.4. The molecule has 0 aliphatic heterocycles. The van der Waals surface area contributed by atoms with Gasteiger partial charge in [0.05, 0.1) is 13.2 Å². The van der Waals surface area contributed by atoms with E-state index >= 15 is 0 Å². The number of ether oxygens (including phenoxy) is 2. The van der Waals surface area contributed by atoms with Crippen molar-refractivity contribution < 1.29 is 14.6 Å². The largest absolute Gasteiger partial charge is 0.394 e. The van der Waals surface area contributed by atoms with Gasteiger partial charge in [-0.05, 0) is 24.7 Å². The quantitative estimate of drug-likeness (QED) is 0.0731.